The van der Waals surface area contributed by atoms with Crippen LogP contribution in [0.2, 0.25) is 0 Å². The minimum Gasteiger partial charge on any atom is -0.462 e. The minimum atomic E-state index is -4.39. The van der Waals surface area contributed by atoms with Gasteiger partial charge in [-0.15, -0.1) is 0 Å². The van der Waals surface area contributed by atoms with Gasteiger partial charge in [0.2, 0.25) is 0 Å². The topological polar surface area (TPSA) is 134 Å². The molecule has 0 bridgehead atoms. The highest BCUT2D eigenvalue weighted by atomic mass is 31.2. The van der Waals surface area contributed by atoms with Crippen LogP contribution in [0.15, 0.2) is 60.8 Å². The quantitative estimate of drug-likeness (QED) is 0.0264. The van der Waals surface area contributed by atoms with Gasteiger partial charge < -0.3 is 20.1 Å². The number of hydrogen-bond acceptors (Lipinski definition) is 8. The predicted octanol–water partition coefficient (Wildman–Crippen LogP) is 19.5. The highest BCUT2D eigenvalue weighted by molar-refractivity contribution is 7.47. The minimum absolute atomic E-state index is 0.0516. The van der Waals surface area contributed by atoms with Crippen LogP contribution in [0, 0.1) is 0 Å². The Labute approximate surface area is 450 Å². The summed E-state index contributed by atoms with van der Waals surface area (Å²) in [6.07, 6.45) is 74.3. The van der Waals surface area contributed by atoms with Gasteiger partial charge in [0.05, 0.1) is 13.2 Å². The molecule has 10 heteroatoms. The van der Waals surface area contributed by atoms with Gasteiger partial charge in [0.1, 0.15) is 6.61 Å². The van der Waals surface area contributed by atoms with Crippen LogP contribution < -0.4 is 5.73 Å². The first-order valence-electron chi connectivity index (χ1n) is 30.8. The maximum atomic E-state index is 12.7. The van der Waals surface area contributed by atoms with Crippen LogP contribution in [0.25, 0.3) is 0 Å². The molecule has 0 fully saturated rings. The van der Waals surface area contributed by atoms with Gasteiger partial charge in [-0.1, -0.05) is 286 Å². The third kappa shape index (κ3) is 58.8. The smallest absolute Gasteiger partial charge is 0.462 e. The van der Waals surface area contributed by atoms with Gasteiger partial charge in [-0.2, -0.15) is 0 Å². The van der Waals surface area contributed by atoms with Crippen molar-refractivity contribution in [2.24, 2.45) is 5.73 Å². The van der Waals surface area contributed by atoms with Gasteiger partial charge in [-0.05, 0) is 57.8 Å². The zero-order valence-corrected chi connectivity index (χ0v) is 48.5. The molecule has 0 heterocycles. The summed E-state index contributed by atoms with van der Waals surface area (Å²) in [4.78, 5) is 35.2. The van der Waals surface area contributed by atoms with Crippen LogP contribution >= 0.6 is 7.82 Å². The molecule has 0 aliphatic heterocycles. The largest absolute Gasteiger partial charge is 0.472 e. The molecule has 0 spiro atoms. The van der Waals surface area contributed by atoms with Crippen molar-refractivity contribution >= 4 is 19.8 Å². The average Bonchev–Trinajstić information content (AvgIpc) is 3.38. The van der Waals surface area contributed by atoms with Gasteiger partial charge >= 0.3 is 19.8 Å². The highest BCUT2D eigenvalue weighted by Gasteiger charge is 2.26. The van der Waals surface area contributed by atoms with E-state index in [4.69, 9.17) is 24.3 Å². The maximum Gasteiger partial charge on any atom is 0.472 e. The zero-order valence-electron chi connectivity index (χ0n) is 47.6. The Bertz CT molecular complexity index is 1380. The van der Waals surface area contributed by atoms with Gasteiger partial charge in [-0.3, -0.25) is 18.6 Å². The number of nitrogens with two attached hydrogens (primary N) is 1. The lowest BCUT2D eigenvalue weighted by Gasteiger charge is -2.19. The number of rotatable bonds is 58. The number of carbonyl (C=O) groups excluding carboxylic acids is 2. The third-order valence-corrected chi connectivity index (χ3v) is 14.4. The Morgan fingerprint density at radius 3 is 1.12 bits per heavy atom. The van der Waals surface area contributed by atoms with E-state index in [1.807, 2.05) is 0 Å². The second-order valence-corrected chi connectivity index (χ2v) is 22.0. The van der Waals surface area contributed by atoms with Gasteiger partial charge in [0.15, 0.2) is 6.10 Å². The molecule has 3 N–H and O–H groups in total. The van der Waals surface area contributed by atoms with E-state index in [0.717, 1.165) is 77.0 Å². The fourth-order valence-corrected chi connectivity index (χ4v) is 9.67. The van der Waals surface area contributed by atoms with Gasteiger partial charge in [0, 0.05) is 19.4 Å². The second kappa shape index (κ2) is 59.0. The summed E-state index contributed by atoms with van der Waals surface area (Å²) in [6, 6.07) is 0. The van der Waals surface area contributed by atoms with Gasteiger partial charge in [-0.25, -0.2) is 4.57 Å². The molecule has 9 nitrogen and oxygen atoms in total. The van der Waals surface area contributed by atoms with Crippen LogP contribution in [0.3, 0.4) is 0 Å². The van der Waals surface area contributed by atoms with Crippen LogP contribution in [-0.2, 0) is 32.7 Å². The lowest BCUT2D eigenvalue weighted by molar-refractivity contribution is -0.161. The number of esters is 2. The molecule has 0 aromatic rings. The molecule has 73 heavy (non-hydrogen) atoms. The molecule has 0 radical (unpaired) electrons. The number of carbonyl (C=O) groups is 2. The lowest BCUT2D eigenvalue weighted by Crippen LogP contribution is -2.29. The lowest BCUT2D eigenvalue weighted by atomic mass is 10.0. The molecule has 426 valence electrons. The standard InChI is InChI=1S/C63H116NO8P/c1-3-5-7-9-11-13-15-17-19-21-23-25-27-29-30-32-33-35-37-39-41-43-45-47-49-51-53-55-62(65)69-59-61(60-71-73(67,68)70-58-57-64)72-63(66)56-54-52-50-48-46-44-42-40-38-36-34-31-28-26-24-22-20-18-16-14-12-10-8-6-4-2/h6,8,12,14,18,20,24,26,31,34,61H,3-5,7,9-11,13,15-17,19,21-23,25,27-30,32-33,35-60,64H2,1-2H3,(H,67,68)/b8-6-,14-12-,20-18-,26-24-,34-31-. The monoisotopic (exact) mass is 1050 g/mol. The second-order valence-electron chi connectivity index (χ2n) is 20.6. The summed E-state index contributed by atoms with van der Waals surface area (Å²) in [5.41, 5.74) is 5.39. The fourth-order valence-electron chi connectivity index (χ4n) is 8.90. The number of ether oxygens (including phenoxy) is 2. The van der Waals surface area contributed by atoms with Crippen molar-refractivity contribution in [1.82, 2.24) is 0 Å². The van der Waals surface area contributed by atoms with Crippen molar-refractivity contribution in [3.63, 3.8) is 0 Å². The van der Waals surface area contributed by atoms with Crippen LogP contribution in [-0.4, -0.2) is 49.3 Å². The molecule has 0 aromatic carbocycles. The fraction of sp³-hybridized carbons (Fsp3) is 0.810. The third-order valence-electron chi connectivity index (χ3n) is 13.4. The van der Waals surface area contributed by atoms with Crippen molar-refractivity contribution in [2.75, 3.05) is 26.4 Å². The van der Waals surface area contributed by atoms with E-state index < -0.39 is 26.5 Å². The Hall–Kier alpha value is -2.29. The van der Waals surface area contributed by atoms with Crippen LogP contribution in [0.1, 0.15) is 296 Å². The molecule has 0 aliphatic rings. The van der Waals surface area contributed by atoms with Crippen molar-refractivity contribution in [3.05, 3.63) is 60.8 Å². The summed E-state index contributed by atoms with van der Waals surface area (Å²) in [6.45, 7) is 3.67. The number of allylic oxidation sites excluding steroid dienone is 10. The van der Waals surface area contributed by atoms with E-state index in [2.05, 4.69) is 74.6 Å². The summed E-state index contributed by atoms with van der Waals surface area (Å²) >= 11 is 0. The average molecular weight is 1050 g/mol. The Balaban J connectivity index is 3.93. The van der Waals surface area contributed by atoms with E-state index in [1.165, 1.54) is 186 Å². The predicted molar refractivity (Wildman–Crippen MR) is 312 cm³/mol. The first-order chi connectivity index (χ1) is 35.8. The summed E-state index contributed by atoms with van der Waals surface area (Å²) in [7, 11) is -4.39. The van der Waals surface area contributed by atoms with Crippen LogP contribution in [0.5, 0.6) is 0 Å². The molecule has 0 aromatic heterocycles. The van der Waals surface area contributed by atoms with E-state index in [-0.39, 0.29) is 38.6 Å². The number of unbranched alkanes of at least 4 members (excludes halogenated alkanes) is 35. The van der Waals surface area contributed by atoms with Crippen molar-refractivity contribution in [1.29, 1.82) is 0 Å². The zero-order chi connectivity index (χ0) is 53.1. The van der Waals surface area contributed by atoms with Gasteiger partial charge in [0.25, 0.3) is 0 Å². The van der Waals surface area contributed by atoms with Crippen LogP contribution in [0.4, 0.5) is 0 Å². The molecule has 0 aliphatic carbocycles. The van der Waals surface area contributed by atoms with E-state index in [9.17, 15) is 19.0 Å². The summed E-state index contributed by atoms with van der Waals surface area (Å²) in [5, 5.41) is 0. The Morgan fingerprint density at radius 2 is 0.753 bits per heavy atom. The molecular weight excluding hydrogens is 930 g/mol. The summed E-state index contributed by atoms with van der Waals surface area (Å²) < 4.78 is 33.1. The first kappa shape index (κ1) is 70.7. The van der Waals surface area contributed by atoms with E-state index in [1.54, 1.807) is 0 Å². The van der Waals surface area contributed by atoms with Crippen molar-refractivity contribution in [2.45, 2.75) is 302 Å². The molecule has 0 amide bonds. The highest BCUT2D eigenvalue weighted by Crippen LogP contribution is 2.43. The molecule has 0 rings (SSSR count). The number of hydrogen-bond donors (Lipinski definition) is 2. The first-order valence-corrected chi connectivity index (χ1v) is 32.3. The summed E-state index contributed by atoms with van der Waals surface area (Å²) in [5.74, 6) is -0.823. The van der Waals surface area contributed by atoms with Crippen molar-refractivity contribution < 1.29 is 37.6 Å². The van der Waals surface area contributed by atoms with Crippen molar-refractivity contribution in [3.8, 4) is 0 Å². The maximum absolute atomic E-state index is 12.7. The molecule has 2 unspecified atom stereocenters. The molecule has 0 saturated heterocycles. The van der Waals surface area contributed by atoms with E-state index >= 15 is 0 Å². The van der Waals surface area contributed by atoms with E-state index in [0.29, 0.717) is 6.42 Å². The number of phosphoric ester groups is 1. The number of phosphoric acid groups is 1. The Kier molecular flexibility index (Phi) is 57.1. The molecule has 0 saturated carbocycles. The SMILES string of the molecule is CC/C=C\C/C=C\C/C=C\C/C=C\C/C=C\CCCCCCCCCCCC(=O)OC(COC(=O)CCCCCCCCCCCCCCCCCCCCCCCCCCCCC)COP(=O)(O)OCCN. The normalized spacial score (nSPS) is 13.4. The Morgan fingerprint density at radius 1 is 0.425 bits per heavy atom. The molecule has 2 atom stereocenters. The molecular formula is C63H116NO8P.